The van der Waals surface area contributed by atoms with Crippen molar-refractivity contribution in [3.63, 3.8) is 0 Å². The predicted octanol–water partition coefficient (Wildman–Crippen LogP) is 2.46. The number of nitrogens with one attached hydrogen (secondary N) is 1. The van der Waals surface area contributed by atoms with Gasteiger partial charge in [0.05, 0.1) is 0 Å². The molecule has 3 nitrogen and oxygen atoms in total. The lowest BCUT2D eigenvalue weighted by molar-refractivity contribution is 0.263. The second kappa shape index (κ2) is 7.34. The lowest BCUT2D eigenvalue weighted by Gasteiger charge is -2.23. The molecule has 0 spiro atoms. The van der Waals surface area contributed by atoms with E-state index < -0.39 is 0 Å². The van der Waals surface area contributed by atoms with E-state index in [9.17, 15) is 0 Å². The summed E-state index contributed by atoms with van der Waals surface area (Å²) < 4.78 is 0.949. The molecule has 0 saturated heterocycles. The standard InChI is InChI=1S/C12H18BrClN2O/c1-8(4-5-17)16-12(7-15)10-3-2-9(13)6-11(10)14/h2-3,6,8,12,16-17H,4-5,7,15H2,1H3. The molecule has 0 fully saturated rings. The smallest absolute Gasteiger partial charge is 0.0465 e. The molecule has 0 saturated carbocycles. The first-order valence-electron chi connectivity index (χ1n) is 5.60. The molecule has 1 rings (SSSR count). The van der Waals surface area contributed by atoms with Gasteiger partial charge in [0, 0.05) is 34.7 Å². The molecule has 96 valence electrons. The number of hydrogen-bond acceptors (Lipinski definition) is 3. The first-order valence-corrected chi connectivity index (χ1v) is 6.77. The monoisotopic (exact) mass is 320 g/mol. The first-order chi connectivity index (χ1) is 8.08. The molecule has 0 aliphatic carbocycles. The van der Waals surface area contributed by atoms with Crippen LogP contribution < -0.4 is 11.1 Å². The molecule has 17 heavy (non-hydrogen) atoms. The van der Waals surface area contributed by atoms with Crippen molar-refractivity contribution in [1.29, 1.82) is 0 Å². The van der Waals surface area contributed by atoms with Gasteiger partial charge in [-0.2, -0.15) is 0 Å². The van der Waals surface area contributed by atoms with E-state index in [4.69, 9.17) is 22.4 Å². The van der Waals surface area contributed by atoms with Gasteiger partial charge in [-0.05, 0) is 31.0 Å². The highest BCUT2D eigenvalue weighted by atomic mass is 79.9. The van der Waals surface area contributed by atoms with Crippen molar-refractivity contribution in [2.75, 3.05) is 13.2 Å². The number of aliphatic hydroxyl groups is 1. The van der Waals surface area contributed by atoms with Gasteiger partial charge in [0.2, 0.25) is 0 Å². The molecule has 1 aromatic rings. The molecule has 0 bridgehead atoms. The minimum atomic E-state index is 0.0112. The molecule has 5 heteroatoms. The van der Waals surface area contributed by atoms with Gasteiger partial charge in [-0.3, -0.25) is 0 Å². The van der Waals surface area contributed by atoms with Crippen LogP contribution >= 0.6 is 27.5 Å². The Kier molecular flexibility index (Phi) is 6.44. The predicted molar refractivity (Wildman–Crippen MR) is 75.2 cm³/mol. The summed E-state index contributed by atoms with van der Waals surface area (Å²) in [5.74, 6) is 0. The average molecular weight is 322 g/mol. The Morgan fingerprint density at radius 1 is 1.53 bits per heavy atom. The van der Waals surface area contributed by atoms with E-state index in [1.807, 2.05) is 25.1 Å². The van der Waals surface area contributed by atoms with Gasteiger partial charge in [-0.15, -0.1) is 0 Å². The Morgan fingerprint density at radius 2 is 2.24 bits per heavy atom. The molecule has 0 aliphatic heterocycles. The summed E-state index contributed by atoms with van der Waals surface area (Å²) in [6.45, 7) is 2.66. The largest absolute Gasteiger partial charge is 0.396 e. The third-order valence-electron chi connectivity index (χ3n) is 2.62. The molecule has 2 atom stereocenters. The fourth-order valence-electron chi connectivity index (χ4n) is 1.69. The fourth-order valence-corrected chi connectivity index (χ4v) is 2.49. The summed E-state index contributed by atoms with van der Waals surface area (Å²) in [4.78, 5) is 0. The Bertz CT molecular complexity index is 362. The molecule has 2 unspecified atom stereocenters. The maximum absolute atomic E-state index is 8.88. The van der Waals surface area contributed by atoms with Crippen LogP contribution in [-0.4, -0.2) is 24.3 Å². The highest BCUT2D eigenvalue weighted by molar-refractivity contribution is 9.10. The number of nitrogens with two attached hydrogens (primary N) is 1. The van der Waals surface area contributed by atoms with Crippen LogP contribution in [0.5, 0.6) is 0 Å². The number of hydrogen-bond donors (Lipinski definition) is 3. The average Bonchev–Trinajstić information content (AvgIpc) is 2.27. The van der Waals surface area contributed by atoms with E-state index >= 15 is 0 Å². The van der Waals surface area contributed by atoms with Crippen LogP contribution in [-0.2, 0) is 0 Å². The van der Waals surface area contributed by atoms with Crippen LogP contribution in [0.2, 0.25) is 5.02 Å². The van der Waals surface area contributed by atoms with E-state index in [0.717, 1.165) is 10.0 Å². The third kappa shape index (κ3) is 4.56. The lowest BCUT2D eigenvalue weighted by Crippen LogP contribution is -2.35. The van der Waals surface area contributed by atoms with Crippen LogP contribution in [0.1, 0.15) is 24.9 Å². The van der Waals surface area contributed by atoms with Gasteiger partial charge in [-0.1, -0.05) is 33.6 Å². The quantitative estimate of drug-likeness (QED) is 0.754. The molecule has 0 amide bonds. The zero-order valence-corrected chi connectivity index (χ0v) is 12.1. The summed E-state index contributed by atoms with van der Waals surface area (Å²) >= 11 is 9.56. The van der Waals surface area contributed by atoms with Crippen molar-refractivity contribution in [3.8, 4) is 0 Å². The van der Waals surface area contributed by atoms with Gasteiger partial charge >= 0.3 is 0 Å². The van der Waals surface area contributed by atoms with E-state index in [0.29, 0.717) is 18.0 Å². The van der Waals surface area contributed by atoms with Crippen molar-refractivity contribution < 1.29 is 5.11 Å². The Hall–Kier alpha value is -0.130. The number of halogens is 2. The van der Waals surface area contributed by atoms with Gasteiger partial charge in [-0.25, -0.2) is 0 Å². The van der Waals surface area contributed by atoms with Crippen molar-refractivity contribution in [2.45, 2.75) is 25.4 Å². The summed E-state index contributed by atoms with van der Waals surface area (Å²) in [5.41, 5.74) is 6.75. The highest BCUT2D eigenvalue weighted by Crippen LogP contribution is 2.26. The number of benzene rings is 1. The van der Waals surface area contributed by atoms with Crippen molar-refractivity contribution in [2.24, 2.45) is 5.73 Å². The van der Waals surface area contributed by atoms with E-state index in [2.05, 4.69) is 21.2 Å². The minimum Gasteiger partial charge on any atom is -0.396 e. The lowest BCUT2D eigenvalue weighted by atomic mass is 10.1. The maximum Gasteiger partial charge on any atom is 0.0465 e. The molecule has 4 N–H and O–H groups in total. The van der Waals surface area contributed by atoms with E-state index in [1.165, 1.54) is 0 Å². The van der Waals surface area contributed by atoms with E-state index in [-0.39, 0.29) is 18.7 Å². The van der Waals surface area contributed by atoms with Crippen molar-refractivity contribution in [3.05, 3.63) is 33.3 Å². The van der Waals surface area contributed by atoms with Gasteiger partial charge in [0.1, 0.15) is 0 Å². The van der Waals surface area contributed by atoms with Crippen LogP contribution in [0.3, 0.4) is 0 Å². The Labute approximate surface area is 115 Å². The SMILES string of the molecule is CC(CCO)NC(CN)c1ccc(Br)cc1Cl. The third-order valence-corrected chi connectivity index (χ3v) is 3.44. The van der Waals surface area contributed by atoms with Gasteiger partial charge in [0.15, 0.2) is 0 Å². The number of rotatable bonds is 6. The maximum atomic E-state index is 8.88. The summed E-state index contributed by atoms with van der Waals surface area (Å²) in [6.07, 6.45) is 0.699. The molecule has 0 heterocycles. The normalized spacial score (nSPS) is 14.6. The summed E-state index contributed by atoms with van der Waals surface area (Å²) in [6, 6.07) is 5.98. The molecular weight excluding hydrogens is 304 g/mol. The van der Waals surface area contributed by atoms with Crippen LogP contribution in [0.4, 0.5) is 0 Å². The zero-order valence-electron chi connectivity index (χ0n) is 9.79. The topological polar surface area (TPSA) is 58.3 Å². The fraction of sp³-hybridized carbons (Fsp3) is 0.500. The second-order valence-corrected chi connectivity index (χ2v) is 5.36. The molecule has 0 radical (unpaired) electrons. The molecule has 0 aliphatic rings. The van der Waals surface area contributed by atoms with Crippen LogP contribution in [0, 0.1) is 0 Å². The van der Waals surface area contributed by atoms with Crippen LogP contribution in [0.25, 0.3) is 0 Å². The second-order valence-electron chi connectivity index (χ2n) is 4.03. The minimum absolute atomic E-state index is 0.0112. The highest BCUT2D eigenvalue weighted by Gasteiger charge is 2.15. The van der Waals surface area contributed by atoms with Gasteiger partial charge in [0.25, 0.3) is 0 Å². The van der Waals surface area contributed by atoms with Crippen molar-refractivity contribution in [1.82, 2.24) is 5.32 Å². The molecular formula is C12H18BrClN2O. The number of aliphatic hydroxyl groups excluding tert-OH is 1. The zero-order chi connectivity index (χ0) is 12.8. The first kappa shape index (κ1) is 14.9. The Morgan fingerprint density at radius 3 is 2.76 bits per heavy atom. The molecule has 0 aromatic heterocycles. The summed E-state index contributed by atoms with van der Waals surface area (Å²) in [7, 11) is 0. The Balaban J connectivity index is 2.79. The van der Waals surface area contributed by atoms with Gasteiger partial charge < -0.3 is 16.2 Å². The molecule has 1 aromatic carbocycles. The van der Waals surface area contributed by atoms with Crippen molar-refractivity contribution >= 4 is 27.5 Å². The summed E-state index contributed by atoms with van der Waals surface area (Å²) in [5, 5.41) is 12.9. The van der Waals surface area contributed by atoms with Crippen LogP contribution in [0.15, 0.2) is 22.7 Å². The van der Waals surface area contributed by atoms with E-state index in [1.54, 1.807) is 0 Å².